The number of benzene rings is 1. The highest BCUT2D eigenvalue weighted by atomic mass is 16.6. The zero-order chi connectivity index (χ0) is 22.9. The lowest BCUT2D eigenvalue weighted by atomic mass is 9.68. The third-order valence-electron chi connectivity index (χ3n) is 7.59. The van der Waals surface area contributed by atoms with Crippen molar-refractivity contribution in [3.63, 3.8) is 0 Å². The minimum atomic E-state index is -0.382. The van der Waals surface area contributed by atoms with Crippen molar-refractivity contribution in [2.75, 3.05) is 19.8 Å². The molecule has 0 aromatic heterocycles. The Kier molecular flexibility index (Phi) is 9.65. The summed E-state index contributed by atoms with van der Waals surface area (Å²) in [6.07, 6.45) is 12.4. The first-order chi connectivity index (χ1) is 15.5. The SMILES string of the molecule is C=C(C)C(=O)OCCOc1cc(C2CCC(C3CCC(C)CC3)CC2)ccc1CCCO. The van der Waals surface area contributed by atoms with Crippen LogP contribution < -0.4 is 4.74 Å². The molecule has 1 aromatic rings. The largest absolute Gasteiger partial charge is 0.490 e. The Morgan fingerprint density at radius 1 is 1.03 bits per heavy atom. The van der Waals surface area contributed by atoms with Gasteiger partial charge in [0.2, 0.25) is 0 Å². The fraction of sp³-hybridized carbons (Fsp3) is 0.679. The molecule has 0 bridgehead atoms. The molecule has 2 fully saturated rings. The van der Waals surface area contributed by atoms with Gasteiger partial charge < -0.3 is 14.6 Å². The van der Waals surface area contributed by atoms with Gasteiger partial charge in [-0.2, -0.15) is 0 Å². The number of aliphatic hydroxyl groups is 1. The molecule has 2 aliphatic carbocycles. The molecule has 0 radical (unpaired) electrons. The first-order valence-electron chi connectivity index (χ1n) is 12.7. The average Bonchev–Trinajstić information content (AvgIpc) is 2.81. The zero-order valence-electron chi connectivity index (χ0n) is 20.1. The molecule has 3 rings (SSSR count). The predicted octanol–water partition coefficient (Wildman–Crippen LogP) is 6.21. The monoisotopic (exact) mass is 442 g/mol. The number of hydrogen-bond acceptors (Lipinski definition) is 4. The number of esters is 1. The number of ether oxygens (including phenoxy) is 2. The van der Waals surface area contributed by atoms with E-state index in [2.05, 4.69) is 31.7 Å². The molecule has 0 spiro atoms. The standard InChI is InChI=1S/C28H42O4/c1-20(2)28(30)32-18-17-31-27-19-26(15-14-25(27)5-4-16-29)24-12-10-23(11-13-24)22-8-6-21(3)7-9-22/h14-15,19,21-24,29H,1,4-13,16-18H2,2-3H3. The summed E-state index contributed by atoms with van der Waals surface area (Å²) < 4.78 is 11.2. The van der Waals surface area contributed by atoms with Crippen LogP contribution in [0.4, 0.5) is 0 Å². The molecule has 2 aliphatic rings. The van der Waals surface area contributed by atoms with E-state index < -0.39 is 0 Å². The molecule has 4 nitrogen and oxygen atoms in total. The van der Waals surface area contributed by atoms with E-state index in [0.717, 1.165) is 35.5 Å². The van der Waals surface area contributed by atoms with Gasteiger partial charge in [-0.1, -0.05) is 38.5 Å². The Morgan fingerprint density at radius 2 is 1.69 bits per heavy atom. The minimum absolute atomic E-state index is 0.168. The Labute approximate surface area is 194 Å². The summed E-state index contributed by atoms with van der Waals surface area (Å²) in [4.78, 5) is 11.6. The molecule has 1 aromatic carbocycles. The quantitative estimate of drug-likeness (QED) is 0.266. The van der Waals surface area contributed by atoms with Gasteiger partial charge in [-0.3, -0.25) is 0 Å². The molecule has 0 saturated heterocycles. The first-order valence-corrected chi connectivity index (χ1v) is 12.7. The summed E-state index contributed by atoms with van der Waals surface area (Å²) in [6, 6.07) is 6.61. The van der Waals surface area contributed by atoms with Gasteiger partial charge in [-0.05, 0) is 99.2 Å². The van der Waals surface area contributed by atoms with E-state index in [1.807, 2.05) is 0 Å². The van der Waals surface area contributed by atoms with E-state index in [4.69, 9.17) is 9.47 Å². The van der Waals surface area contributed by atoms with Crippen molar-refractivity contribution in [3.8, 4) is 5.75 Å². The van der Waals surface area contributed by atoms with Gasteiger partial charge >= 0.3 is 5.97 Å². The fourth-order valence-corrected chi connectivity index (χ4v) is 5.53. The lowest BCUT2D eigenvalue weighted by molar-refractivity contribution is -0.139. The maximum atomic E-state index is 11.6. The van der Waals surface area contributed by atoms with Crippen molar-refractivity contribution in [1.82, 2.24) is 0 Å². The summed E-state index contributed by atoms with van der Waals surface area (Å²) in [5, 5.41) is 9.24. The van der Waals surface area contributed by atoms with Gasteiger partial charge in [-0.25, -0.2) is 4.79 Å². The molecule has 0 heterocycles. The lowest BCUT2D eigenvalue weighted by Gasteiger charge is -2.37. The molecule has 0 unspecified atom stereocenters. The van der Waals surface area contributed by atoms with E-state index in [-0.39, 0.29) is 19.2 Å². The van der Waals surface area contributed by atoms with Crippen molar-refractivity contribution in [1.29, 1.82) is 0 Å². The number of hydrogen-bond donors (Lipinski definition) is 1. The van der Waals surface area contributed by atoms with E-state index >= 15 is 0 Å². The van der Waals surface area contributed by atoms with Gasteiger partial charge in [0.1, 0.15) is 19.0 Å². The van der Waals surface area contributed by atoms with Crippen LogP contribution >= 0.6 is 0 Å². The van der Waals surface area contributed by atoms with Gasteiger partial charge in [0.15, 0.2) is 0 Å². The molecule has 0 amide bonds. The number of carbonyl (C=O) groups is 1. The Hall–Kier alpha value is -1.81. The number of rotatable bonds is 10. The van der Waals surface area contributed by atoms with E-state index in [9.17, 15) is 9.90 Å². The summed E-state index contributed by atoms with van der Waals surface area (Å²) >= 11 is 0. The predicted molar refractivity (Wildman–Crippen MR) is 129 cm³/mol. The zero-order valence-corrected chi connectivity index (χ0v) is 20.1. The summed E-state index contributed by atoms with van der Waals surface area (Å²) in [7, 11) is 0. The fourth-order valence-electron chi connectivity index (χ4n) is 5.53. The smallest absolute Gasteiger partial charge is 0.333 e. The highest BCUT2D eigenvalue weighted by Crippen LogP contribution is 2.44. The van der Waals surface area contributed by atoms with E-state index in [1.54, 1.807) is 6.92 Å². The van der Waals surface area contributed by atoms with Crippen LogP contribution in [-0.4, -0.2) is 30.9 Å². The highest BCUT2D eigenvalue weighted by Gasteiger charge is 2.30. The van der Waals surface area contributed by atoms with Crippen LogP contribution in [0.1, 0.15) is 88.7 Å². The van der Waals surface area contributed by atoms with Crippen molar-refractivity contribution >= 4 is 5.97 Å². The second-order valence-electron chi connectivity index (χ2n) is 10.1. The van der Waals surface area contributed by atoms with Gasteiger partial charge in [0, 0.05) is 12.2 Å². The van der Waals surface area contributed by atoms with Crippen LogP contribution in [0.5, 0.6) is 5.75 Å². The highest BCUT2D eigenvalue weighted by molar-refractivity contribution is 5.86. The molecular formula is C28H42O4. The maximum Gasteiger partial charge on any atom is 0.333 e. The summed E-state index contributed by atoms with van der Waals surface area (Å²) in [5.41, 5.74) is 2.87. The van der Waals surface area contributed by atoms with Gasteiger partial charge in [0.05, 0.1) is 0 Å². The van der Waals surface area contributed by atoms with Crippen molar-refractivity contribution in [2.24, 2.45) is 17.8 Å². The number of carbonyl (C=O) groups excluding carboxylic acids is 1. The van der Waals surface area contributed by atoms with Crippen LogP contribution in [0.3, 0.4) is 0 Å². The third kappa shape index (κ3) is 7.10. The summed E-state index contributed by atoms with van der Waals surface area (Å²) in [6.45, 7) is 8.35. The first kappa shape index (κ1) is 24.8. The van der Waals surface area contributed by atoms with Crippen molar-refractivity contribution in [2.45, 2.75) is 84.0 Å². The van der Waals surface area contributed by atoms with Crippen LogP contribution in [0, 0.1) is 17.8 Å². The topological polar surface area (TPSA) is 55.8 Å². The molecule has 32 heavy (non-hydrogen) atoms. The second kappa shape index (κ2) is 12.4. The molecule has 178 valence electrons. The van der Waals surface area contributed by atoms with E-state index in [1.165, 1.54) is 56.9 Å². The number of aryl methyl sites for hydroxylation is 1. The van der Waals surface area contributed by atoms with Crippen LogP contribution in [0.25, 0.3) is 0 Å². The number of aliphatic hydroxyl groups excluding tert-OH is 1. The van der Waals surface area contributed by atoms with Crippen LogP contribution in [-0.2, 0) is 16.0 Å². The Balaban J connectivity index is 1.57. The Bertz CT molecular complexity index is 740. The molecule has 2 saturated carbocycles. The molecule has 0 aliphatic heterocycles. The maximum absolute atomic E-state index is 11.6. The molecule has 1 N–H and O–H groups in total. The van der Waals surface area contributed by atoms with Gasteiger partial charge in [-0.15, -0.1) is 0 Å². The minimum Gasteiger partial charge on any atom is -0.490 e. The molecule has 4 heteroatoms. The van der Waals surface area contributed by atoms with Crippen molar-refractivity contribution < 1.29 is 19.4 Å². The van der Waals surface area contributed by atoms with E-state index in [0.29, 0.717) is 24.5 Å². The van der Waals surface area contributed by atoms with Gasteiger partial charge in [0.25, 0.3) is 0 Å². The Morgan fingerprint density at radius 3 is 2.31 bits per heavy atom. The van der Waals surface area contributed by atoms with Crippen LogP contribution in [0.15, 0.2) is 30.4 Å². The van der Waals surface area contributed by atoms with Crippen molar-refractivity contribution in [3.05, 3.63) is 41.5 Å². The third-order valence-corrected chi connectivity index (χ3v) is 7.59. The van der Waals surface area contributed by atoms with Crippen LogP contribution in [0.2, 0.25) is 0 Å². The lowest BCUT2D eigenvalue weighted by Crippen LogP contribution is -2.24. The average molecular weight is 443 g/mol. The normalized spacial score (nSPS) is 25.8. The summed E-state index contributed by atoms with van der Waals surface area (Å²) in [5.74, 6) is 3.88. The molecule has 0 atom stereocenters. The second-order valence-corrected chi connectivity index (χ2v) is 10.1. The molecular weight excluding hydrogens is 400 g/mol.